The van der Waals surface area contributed by atoms with Crippen LogP contribution in [-0.4, -0.2) is 0 Å². The zero-order valence-electron chi connectivity index (χ0n) is 18.5. The van der Waals surface area contributed by atoms with Crippen molar-refractivity contribution in [2.75, 3.05) is 0 Å². The highest BCUT2D eigenvalue weighted by Gasteiger charge is 2.25. The maximum absolute atomic E-state index is 2.42. The average molecular weight is 393 g/mol. The third kappa shape index (κ3) is 3.13. The predicted octanol–water partition coefficient (Wildman–Crippen LogP) is 6.60. The van der Waals surface area contributed by atoms with Crippen LogP contribution in [0.1, 0.15) is 36.1 Å². The van der Waals surface area contributed by atoms with E-state index in [2.05, 4.69) is 99.2 Å². The fourth-order valence-electron chi connectivity index (χ4n) is 5.20. The van der Waals surface area contributed by atoms with E-state index in [0.717, 1.165) is 19.3 Å². The van der Waals surface area contributed by atoms with Gasteiger partial charge in [-0.25, -0.2) is 4.57 Å². The van der Waals surface area contributed by atoms with E-state index in [4.69, 9.17) is 0 Å². The smallest absolute Gasteiger partial charge is 0.201 e. The van der Waals surface area contributed by atoms with Crippen molar-refractivity contribution in [1.82, 2.24) is 0 Å². The van der Waals surface area contributed by atoms with Crippen molar-refractivity contribution in [3.05, 3.63) is 89.1 Å². The summed E-state index contributed by atoms with van der Waals surface area (Å²) in [7, 11) is 2.18. The van der Waals surface area contributed by atoms with Gasteiger partial charge in [0.25, 0.3) is 0 Å². The normalized spacial score (nSPS) is 12.8. The minimum absolute atomic E-state index is 0.663. The van der Waals surface area contributed by atoms with Crippen LogP contribution < -0.4 is 4.57 Å². The standard InChI is InChI=1S/C29H30N/c1-19(2)17-21-15-16-30(4)28(18-21)29-20(3)9-11-26-25-12-10-22-7-5-6-8-23(22)24(25)13-14-27(26)29/h5-12,15-16,18-19H,13-14,17H2,1-4H3/q+1. The van der Waals surface area contributed by atoms with Gasteiger partial charge in [0.2, 0.25) is 5.69 Å². The van der Waals surface area contributed by atoms with Gasteiger partial charge < -0.3 is 0 Å². The van der Waals surface area contributed by atoms with Crippen molar-refractivity contribution >= 4 is 10.8 Å². The van der Waals surface area contributed by atoms with Crippen LogP contribution in [0.5, 0.6) is 0 Å². The Morgan fingerprint density at radius 2 is 1.60 bits per heavy atom. The Kier molecular flexibility index (Phi) is 4.70. The molecule has 0 spiro atoms. The fraction of sp³-hybridized carbons (Fsp3) is 0.276. The number of pyridine rings is 1. The molecule has 0 atom stereocenters. The summed E-state index contributed by atoms with van der Waals surface area (Å²) in [6.07, 6.45) is 5.56. The molecule has 0 N–H and O–H groups in total. The molecule has 1 aliphatic rings. The van der Waals surface area contributed by atoms with Crippen LogP contribution in [0.3, 0.4) is 0 Å². The summed E-state index contributed by atoms with van der Waals surface area (Å²) < 4.78 is 2.29. The van der Waals surface area contributed by atoms with Crippen LogP contribution in [0, 0.1) is 12.8 Å². The molecule has 1 aromatic heterocycles. The Hall–Kier alpha value is -2.93. The highest BCUT2D eigenvalue weighted by atomic mass is 14.9. The summed E-state index contributed by atoms with van der Waals surface area (Å²) >= 11 is 0. The first-order valence-corrected chi connectivity index (χ1v) is 11.2. The first kappa shape index (κ1) is 19.1. The van der Waals surface area contributed by atoms with Crippen LogP contribution in [0.4, 0.5) is 0 Å². The SMILES string of the molecule is Cc1ccc2c(c1-c1cc(CC(C)C)cc[n+]1C)CCc1c-2ccc2ccccc12. The molecule has 150 valence electrons. The monoisotopic (exact) mass is 392 g/mol. The topological polar surface area (TPSA) is 3.88 Å². The van der Waals surface area contributed by atoms with Crippen molar-refractivity contribution in [1.29, 1.82) is 0 Å². The quantitative estimate of drug-likeness (QED) is 0.346. The lowest BCUT2D eigenvalue weighted by atomic mass is 9.79. The van der Waals surface area contributed by atoms with Gasteiger partial charge in [-0.05, 0) is 76.3 Å². The van der Waals surface area contributed by atoms with Gasteiger partial charge >= 0.3 is 0 Å². The van der Waals surface area contributed by atoms with Crippen molar-refractivity contribution in [3.63, 3.8) is 0 Å². The highest BCUT2D eigenvalue weighted by molar-refractivity contribution is 5.94. The molecule has 1 heteroatoms. The molecule has 0 amide bonds. The lowest BCUT2D eigenvalue weighted by Gasteiger charge is -2.24. The van der Waals surface area contributed by atoms with Gasteiger partial charge in [0.1, 0.15) is 7.05 Å². The number of nitrogens with zero attached hydrogens (tertiary/aromatic N) is 1. The molecule has 30 heavy (non-hydrogen) atoms. The molecule has 0 bridgehead atoms. The second-order valence-corrected chi connectivity index (χ2v) is 9.23. The highest BCUT2D eigenvalue weighted by Crippen LogP contribution is 2.42. The Bertz CT molecular complexity index is 1260. The van der Waals surface area contributed by atoms with Crippen LogP contribution in [0.25, 0.3) is 33.2 Å². The van der Waals surface area contributed by atoms with Gasteiger partial charge in [-0.15, -0.1) is 0 Å². The Morgan fingerprint density at radius 1 is 0.867 bits per heavy atom. The summed E-state index contributed by atoms with van der Waals surface area (Å²) in [5.74, 6) is 0.663. The zero-order valence-corrected chi connectivity index (χ0v) is 18.5. The summed E-state index contributed by atoms with van der Waals surface area (Å²) in [6, 6.07) is 22.8. The first-order chi connectivity index (χ1) is 14.5. The third-order valence-electron chi connectivity index (χ3n) is 6.59. The minimum Gasteiger partial charge on any atom is -0.201 e. The molecule has 0 unspecified atom stereocenters. The molecule has 1 nitrogen and oxygen atoms in total. The number of benzene rings is 3. The predicted molar refractivity (Wildman–Crippen MR) is 127 cm³/mol. The molecular weight excluding hydrogens is 362 g/mol. The molecule has 0 saturated carbocycles. The van der Waals surface area contributed by atoms with Crippen molar-refractivity contribution < 1.29 is 4.57 Å². The first-order valence-electron chi connectivity index (χ1n) is 11.2. The number of fused-ring (bicyclic) bond motifs is 5. The second kappa shape index (κ2) is 7.40. The minimum atomic E-state index is 0.663. The Labute approximate surface area is 180 Å². The maximum atomic E-state index is 2.42. The molecule has 0 radical (unpaired) electrons. The van der Waals surface area contributed by atoms with E-state index in [0.29, 0.717) is 5.92 Å². The molecule has 0 saturated heterocycles. The van der Waals surface area contributed by atoms with Crippen molar-refractivity contribution in [2.24, 2.45) is 13.0 Å². The summed E-state index contributed by atoms with van der Waals surface area (Å²) in [6.45, 7) is 6.85. The summed E-state index contributed by atoms with van der Waals surface area (Å²) in [5.41, 5.74) is 11.4. The largest absolute Gasteiger partial charge is 0.213 e. The average Bonchev–Trinajstić information content (AvgIpc) is 2.74. The van der Waals surface area contributed by atoms with Gasteiger partial charge in [0.15, 0.2) is 6.20 Å². The lowest BCUT2D eigenvalue weighted by molar-refractivity contribution is -0.660. The summed E-state index contributed by atoms with van der Waals surface area (Å²) in [4.78, 5) is 0. The number of rotatable bonds is 3. The van der Waals surface area contributed by atoms with Gasteiger partial charge in [0, 0.05) is 12.1 Å². The molecule has 0 fully saturated rings. The van der Waals surface area contributed by atoms with Crippen LogP contribution >= 0.6 is 0 Å². The van der Waals surface area contributed by atoms with E-state index in [9.17, 15) is 0 Å². The van der Waals surface area contributed by atoms with Crippen LogP contribution in [-0.2, 0) is 26.3 Å². The van der Waals surface area contributed by atoms with E-state index in [1.807, 2.05) is 0 Å². The number of aromatic nitrogens is 1. The van der Waals surface area contributed by atoms with Crippen molar-refractivity contribution in [3.8, 4) is 22.4 Å². The molecular formula is C29H30N+. The molecule has 0 aliphatic heterocycles. The van der Waals surface area contributed by atoms with Crippen LogP contribution in [0.2, 0.25) is 0 Å². The maximum Gasteiger partial charge on any atom is 0.213 e. The fourth-order valence-corrected chi connectivity index (χ4v) is 5.20. The molecule has 1 aliphatic carbocycles. The molecule has 3 aromatic carbocycles. The van der Waals surface area contributed by atoms with Gasteiger partial charge in [-0.1, -0.05) is 62.4 Å². The van der Waals surface area contributed by atoms with Crippen molar-refractivity contribution in [2.45, 2.75) is 40.0 Å². The number of aryl methyl sites for hydroxylation is 3. The second-order valence-electron chi connectivity index (χ2n) is 9.23. The lowest BCUT2D eigenvalue weighted by Crippen LogP contribution is -2.31. The van der Waals surface area contributed by atoms with E-state index in [-0.39, 0.29) is 0 Å². The molecule has 1 heterocycles. The van der Waals surface area contributed by atoms with Gasteiger partial charge in [-0.3, -0.25) is 0 Å². The Balaban J connectivity index is 1.72. The third-order valence-corrected chi connectivity index (χ3v) is 6.59. The summed E-state index contributed by atoms with van der Waals surface area (Å²) in [5, 5.41) is 2.76. The number of hydrogen-bond acceptors (Lipinski definition) is 0. The van der Waals surface area contributed by atoms with Gasteiger partial charge in [0.05, 0.1) is 5.56 Å². The van der Waals surface area contributed by atoms with E-state index >= 15 is 0 Å². The molecule has 5 rings (SSSR count). The molecule has 4 aromatic rings. The van der Waals surface area contributed by atoms with E-state index < -0.39 is 0 Å². The zero-order chi connectivity index (χ0) is 20.8. The Morgan fingerprint density at radius 3 is 2.43 bits per heavy atom. The van der Waals surface area contributed by atoms with E-state index in [1.54, 1.807) is 0 Å². The number of hydrogen-bond donors (Lipinski definition) is 0. The van der Waals surface area contributed by atoms with E-state index in [1.165, 1.54) is 55.4 Å². The van der Waals surface area contributed by atoms with Gasteiger partial charge in [-0.2, -0.15) is 0 Å². The van der Waals surface area contributed by atoms with Crippen LogP contribution in [0.15, 0.2) is 66.9 Å².